The van der Waals surface area contributed by atoms with Crippen LogP contribution >= 0.6 is 0 Å². The van der Waals surface area contributed by atoms with Crippen molar-refractivity contribution in [1.82, 2.24) is 5.32 Å². The monoisotopic (exact) mass is 577 g/mol. The molecule has 0 unspecified atom stereocenters. The predicted octanol–water partition coefficient (Wildman–Crippen LogP) is 2.11. The molecular formula is C31H43N7O4. The summed E-state index contributed by atoms with van der Waals surface area (Å²) in [5, 5.41) is 5.85. The number of guanidine groups is 1. The number of amides is 3. The highest BCUT2D eigenvalue weighted by atomic mass is 16.5. The van der Waals surface area contributed by atoms with Crippen molar-refractivity contribution in [2.75, 3.05) is 11.9 Å². The first-order chi connectivity index (χ1) is 20.2. The lowest BCUT2D eigenvalue weighted by Crippen LogP contribution is -2.50. The molecule has 2 atom stereocenters. The molecule has 0 spiro atoms. The van der Waals surface area contributed by atoms with Gasteiger partial charge in [-0.1, -0.05) is 56.4 Å². The number of anilines is 1. The predicted molar refractivity (Wildman–Crippen MR) is 163 cm³/mol. The number of fused-ring (bicyclic) bond motifs is 1. The molecule has 0 radical (unpaired) electrons. The number of nitrogens with two attached hydrogens (primary N) is 4. The molecule has 0 aromatic heterocycles. The average Bonchev–Trinajstić information content (AvgIpc) is 3.38. The molecule has 2 aliphatic carbocycles. The molecule has 11 nitrogen and oxygen atoms in total. The minimum absolute atomic E-state index is 0.0121. The van der Waals surface area contributed by atoms with Crippen molar-refractivity contribution in [1.29, 1.82) is 0 Å². The average molecular weight is 578 g/mol. The quantitative estimate of drug-likeness (QED) is 0.119. The van der Waals surface area contributed by atoms with Gasteiger partial charge in [0.25, 0.3) is 0 Å². The second-order valence-corrected chi connectivity index (χ2v) is 11.3. The van der Waals surface area contributed by atoms with Gasteiger partial charge in [0, 0.05) is 24.9 Å². The first-order valence-electron chi connectivity index (χ1n) is 14.8. The lowest BCUT2D eigenvalue weighted by atomic mass is 9.84. The SMILES string of the molecule is NC(=O)c1ccc(NC(=O)[C@H](CC2CCCCC2)NC(=O)[C@@H](N)CCCN=C(N)N)c(OC2Cc3ccccc3C2)c1. The third kappa shape index (κ3) is 8.69. The number of nitrogens with one attached hydrogen (secondary N) is 2. The molecule has 0 saturated heterocycles. The van der Waals surface area contributed by atoms with Crippen LogP contribution in [-0.2, 0) is 22.4 Å². The fourth-order valence-corrected chi connectivity index (χ4v) is 5.79. The second kappa shape index (κ2) is 14.7. The molecule has 4 rings (SSSR count). The molecule has 226 valence electrons. The summed E-state index contributed by atoms with van der Waals surface area (Å²) in [5.74, 6) is -0.701. The summed E-state index contributed by atoms with van der Waals surface area (Å²) in [5.41, 5.74) is 25.5. The number of aliphatic imine (C=N–C) groups is 1. The van der Waals surface area contributed by atoms with Crippen molar-refractivity contribution < 1.29 is 19.1 Å². The lowest BCUT2D eigenvalue weighted by Gasteiger charge is -2.28. The van der Waals surface area contributed by atoms with Gasteiger partial charge in [0.15, 0.2) is 5.96 Å². The van der Waals surface area contributed by atoms with E-state index in [-0.39, 0.29) is 23.5 Å². The Morgan fingerprint density at radius 1 is 0.952 bits per heavy atom. The van der Waals surface area contributed by atoms with Gasteiger partial charge in [-0.2, -0.15) is 0 Å². The number of primary amides is 1. The summed E-state index contributed by atoms with van der Waals surface area (Å²) in [6.45, 7) is 0.367. The van der Waals surface area contributed by atoms with Crippen molar-refractivity contribution >= 4 is 29.4 Å². The Balaban J connectivity index is 1.48. The Hall–Kier alpha value is -4.12. The van der Waals surface area contributed by atoms with Crippen LogP contribution in [0.15, 0.2) is 47.5 Å². The van der Waals surface area contributed by atoms with Gasteiger partial charge >= 0.3 is 0 Å². The first-order valence-corrected chi connectivity index (χ1v) is 14.8. The first kappa shape index (κ1) is 30.8. The molecule has 11 heteroatoms. The summed E-state index contributed by atoms with van der Waals surface area (Å²) in [6.07, 6.45) is 8.09. The molecule has 3 amide bonds. The maximum absolute atomic E-state index is 13.7. The van der Waals surface area contributed by atoms with Gasteiger partial charge in [-0.15, -0.1) is 0 Å². The maximum atomic E-state index is 13.7. The van der Waals surface area contributed by atoms with E-state index in [1.165, 1.54) is 17.5 Å². The highest BCUT2D eigenvalue weighted by Gasteiger charge is 2.29. The normalized spacial score (nSPS) is 16.6. The molecule has 0 heterocycles. The number of hydrogen-bond acceptors (Lipinski definition) is 6. The van der Waals surface area contributed by atoms with Crippen LogP contribution in [0.3, 0.4) is 0 Å². The summed E-state index contributed by atoms with van der Waals surface area (Å²) in [7, 11) is 0. The number of carbonyl (C=O) groups excluding carboxylic acids is 3. The van der Waals surface area contributed by atoms with Gasteiger partial charge in [0.2, 0.25) is 17.7 Å². The van der Waals surface area contributed by atoms with E-state index in [2.05, 4.69) is 27.8 Å². The topological polar surface area (TPSA) is 201 Å². The lowest BCUT2D eigenvalue weighted by molar-refractivity contribution is -0.127. The Kier molecular flexibility index (Phi) is 10.8. The number of nitrogens with zero attached hydrogens (tertiary/aromatic N) is 1. The fraction of sp³-hybridized carbons (Fsp3) is 0.484. The second-order valence-electron chi connectivity index (χ2n) is 11.3. The van der Waals surface area contributed by atoms with Crippen molar-refractivity contribution in [2.24, 2.45) is 33.8 Å². The van der Waals surface area contributed by atoms with Gasteiger partial charge < -0.3 is 38.3 Å². The Morgan fingerprint density at radius 2 is 1.64 bits per heavy atom. The van der Waals surface area contributed by atoms with Crippen molar-refractivity contribution in [3.8, 4) is 5.75 Å². The van der Waals surface area contributed by atoms with Gasteiger partial charge in [0.05, 0.1) is 11.7 Å². The van der Waals surface area contributed by atoms with Crippen molar-refractivity contribution in [2.45, 2.75) is 82.4 Å². The van der Waals surface area contributed by atoms with E-state index in [1.54, 1.807) is 18.2 Å². The summed E-state index contributed by atoms with van der Waals surface area (Å²) in [4.78, 5) is 42.6. The molecule has 0 bridgehead atoms. The molecule has 0 aliphatic heterocycles. The van der Waals surface area contributed by atoms with E-state index < -0.39 is 23.9 Å². The fourth-order valence-electron chi connectivity index (χ4n) is 5.79. The van der Waals surface area contributed by atoms with Crippen LogP contribution < -0.4 is 38.3 Å². The van der Waals surface area contributed by atoms with Crippen LogP contribution in [0.25, 0.3) is 0 Å². The third-order valence-electron chi connectivity index (χ3n) is 8.06. The number of rotatable bonds is 13. The largest absolute Gasteiger partial charge is 0.488 e. The summed E-state index contributed by atoms with van der Waals surface area (Å²) < 4.78 is 6.34. The summed E-state index contributed by atoms with van der Waals surface area (Å²) >= 11 is 0. The van der Waals surface area contributed by atoms with Crippen LogP contribution in [-0.4, -0.2) is 48.4 Å². The van der Waals surface area contributed by atoms with E-state index in [1.807, 2.05) is 12.1 Å². The minimum Gasteiger partial charge on any atom is -0.488 e. The Labute approximate surface area is 246 Å². The molecular weight excluding hydrogens is 534 g/mol. The zero-order valence-electron chi connectivity index (χ0n) is 24.0. The van der Waals surface area contributed by atoms with Gasteiger partial charge in [-0.05, 0) is 54.5 Å². The van der Waals surface area contributed by atoms with E-state index in [0.29, 0.717) is 56.0 Å². The minimum atomic E-state index is -0.807. The molecule has 10 N–H and O–H groups in total. The molecule has 2 aromatic carbocycles. The van der Waals surface area contributed by atoms with E-state index in [9.17, 15) is 14.4 Å². The van der Waals surface area contributed by atoms with E-state index >= 15 is 0 Å². The smallest absolute Gasteiger partial charge is 0.248 e. The molecule has 1 saturated carbocycles. The summed E-state index contributed by atoms with van der Waals surface area (Å²) in [6, 6.07) is 11.3. The zero-order chi connectivity index (χ0) is 30.1. The van der Waals surface area contributed by atoms with Crippen LogP contribution in [0.1, 0.15) is 72.9 Å². The zero-order valence-corrected chi connectivity index (χ0v) is 24.0. The Bertz CT molecular complexity index is 1260. The van der Waals surface area contributed by atoms with Gasteiger partial charge in [-0.3, -0.25) is 19.4 Å². The highest BCUT2D eigenvalue weighted by molar-refractivity contribution is 6.00. The van der Waals surface area contributed by atoms with E-state index in [4.69, 9.17) is 27.7 Å². The standard InChI is InChI=1S/C31H43N7O4/c32-24(11-6-14-36-31(34)35)29(40)38-26(15-19-7-2-1-3-8-19)30(41)37-25-13-12-22(28(33)39)18-27(25)42-23-16-20-9-4-5-10-21(20)17-23/h4-5,9-10,12-13,18-19,23-24,26H,1-3,6-8,11,14-17,32H2,(H2,33,39)(H,37,41)(H,38,40)(H4,34,35,36)/t24-,26-/m0/s1. The number of ether oxygens (including phenoxy) is 1. The highest BCUT2D eigenvalue weighted by Crippen LogP contribution is 2.32. The van der Waals surface area contributed by atoms with Crippen molar-refractivity contribution in [3.05, 3.63) is 59.2 Å². The number of benzene rings is 2. The Morgan fingerprint density at radius 3 is 2.29 bits per heavy atom. The van der Waals surface area contributed by atoms with Crippen LogP contribution in [0.5, 0.6) is 5.75 Å². The number of hydrogen-bond donors (Lipinski definition) is 6. The van der Waals surface area contributed by atoms with Crippen molar-refractivity contribution in [3.63, 3.8) is 0 Å². The molecule has 1 fully saturated rings. The molecule has 42 heavy (non-hydrogen) atoms. The van der Waals surface area contributed by atoms with Gasteiger partial charge in [-0.25, -0.2) is 0 Å². The number of carbonyl (C=O) groups is 3. The van der Waals surface area contributed by atoms with E-state index in [0.717, 1.165) is 25.7 Å². The maximum Gasteiger partial charge on any atom is 0.248 e. The molecule has 2 aliphatic rings. The van der Waals surface area contributed by atoms with Gasteiger partial charge in [0.1, 0.15) is 17.9 Å². The van der Waals surface area contributed by atoms with Crippen LogP contribution in [0.4, 0.5) is 5.69 Å². The third-order valence-corrected chi connectivity index (χ3v) is 8.06. The van der Waals surface area contributed by atoms with Crippen LogP contribution in [0, 0.1) is 5.92 Å². The van der Waals surface area contributed by atoms with Crippen LogP contribution in [0.2, 0.25) is 0 Å². The molecule has 2 aromatic rings.